The summed E-state index contributed by atoms with van der Waals surface area (Å²) in [5.74, 6) is 0. The number of hydrogen-bond acceptors (Lipinski definition) is 1. The fourth-order valence-corrected chi connectivity index (χ4v) is 7.45. The maximum Gasteiger partial charge on any atom is 0.0674 e. The molecule has 8 aromatic rings. The molecule has 0 aliphatic carbocycles. The molecule has 0 N–H and O–H groups in total. The van der Waals surface area contributed by atoms with Gasteiger partial charge in [0.1, 0.15) is 0 Å². The van der Waals surface area contributed by atoms with Gasteiger partial charge in [-0.15, -0.1) is 0 Å². The molecule has 0 fully saturated rings. The van der Waals surface area contributed by atoms with E-state index in [0.717, 1.165) is 17.8 Å². The molecule has 0 saturated carbocycles. The van der Waals surface area contributed by atoms with E-state index in [0.29, 0.717) is 0 Å². The van der Waals surface area contributed by atoms with Crippen molar-refractivity contribution in [2.75, 3.05) is 0 Å². The van der Waals surface area contributed by atoms with Crippen LogP contribution in [0.25, 0.3) is 65.7 Å². The van der Waals surface area contributed by atoms with Gasteiger partial charge in [-0.25, -0.2) is 0 Å². The summed E-state index contributed by atoms with van der Waals surface area (Å²) in [6, 6.07) is 57.6. The molecule has 9 rings (SSSR count). The van der Waals surface area contributed by atoms with E-state index >= 15 is 0 Å². The number of benzene rings is 8. The lowest BCUT2D eigenvalue weighted by Crippen LogP contribution is -1.98. The van der Waals surface area contributed by atoms with Crippen LogP contribution in [0.15, 0.2) is 163 Å². The van der Waals surface area contributed by atoms with Gasteiger partial charge in [0.25, 0.3) is 0 Å². The normalized spacial score (nSPS) is 13.6. The smallest absolute Gasteiger partial charge is 0.0674 e. The van der Waals surface area contributed by atoms with E-state index in [9.17, 15) is 0 Å². The first-order chi connectivity index (χ1) is 22.7. The molecular weight excluding hydrogens is 555 g/mol. The van der Waals surface area contributed by atoms with Crippen LogP contribution in [0.3, 0.4) is 0 Å². The Hall–Kier alpha value is -5.79. The van der Waals surface area contributed by atoms with Gasteiger partial charge < -0.3 is 0 Å². The van der Waals surface area contributed by atoms with E-state index in [2.05, 4.69) is 165 Å². The Morgan fingerprint density at radius 3 is 1.61 bits per heavy atom. The van der Waals surface area contributed by atoms with Crippen molar-refractivity contribution in [1.82, 2.24) is 0 Å². The third-order valence-electron chi connectivity index (χ3n) is 9.66. The number of fused-ring (bicyclic) bond motifs is 9. The predicted molar refractivity (Wildman–Crippen MR) is 196 cm³/mol. The van der Waals surface area contributed by atoms with Gasteiger partial charge >= 0.3 is 0 Å². The van der Waals surface area contributed by atoms with Crippen molar-refractivity contribution in [2.45, 2.75) is 13.3 Å². The monoisotopic (exact) mass is 585 g/mol. The van der Waals surface area contributed by atoms with Crippen LogP contribution in [0.4, 0.5) is 5.69 Å². The first-order valence-electron chi connectivity index (χ1n) is 16.0. The van der Waals surface area contributed by atoms with E-state index in [1.807, 2.05) is 0 Å². The first-order valence-corrected chi connectivity index (χ1v) is 16.0. The highest BCUT2D eigenvalue weighted by atomic mass is 14.7. The average Bonchev–Trinajstić information content (AvgIpc) is 3.16. The molecule has 0 spiro atoms. The van der Waals surface area contributed by atoms with Gasteiger partial charge in [-0.1, -0.05) is 140 Å². The molecule has 0 amide bonds. The molecule has 0 aromatic heterocycles. The summed E-state index contributed by atoms with van der Waals surface area (Å²) in [5, 5.41) is 7.62. The molecule has 1 aliphatic rings. The Morgan fingerprint density at radius 1 is 0.370 bits per heavy atom. The van der Waals surface area contributed by atoms with Gasteiger partial charge in [0.2, 0.25) is 0 Å². The summed E-state index contributed by atoms with van der Waals surface area (Å²) in [5.41, 5.74) is 13.3. The highest BCUT2D eigenvalue weighted by Gasteiger charge is 2.18. The zero-order valence-electron chi connectivity index (χ0n) is 25.7. The Morgan fingerprint density at radius 2 is 0.913 bits per heavy atom. The van der Waals surface area contributed by atoms with Gasteiger partial charge in [0.05, 0.1) is 5.69 Å². The minimum absolute atomic E-state index is 0.836. The molecule has 1 aliphatic heterocycles. The van der Waals surface area contributed by atoms with Crippen LogP contribution in [0.2, 0.25) is 0 Å². The molecule has 0 saturated heterocycles. The topological polar surface area (TPSA) is 12.4 Å². The molecule has 1 heteroatoms. The second-order valence-electron chi connectivity index (χ2n) is 12.3. The number of rotatable bonds is 2. The Bertz CT molecular complexity index is 2500. The van der Waals surface area contributed by atoms with Crippen LogP contribution >= 0.6 is 0 Å². The van der Waals surface area contributed by atoms with Gasteiger partial charge in [0, 0.05) is 17.7 Å². The van der Waals surface area contributed by atoms with E-state index in [1.165, 1.54) is 82.4 Å². The highest BCUT2D eigenvalue weighted by molar-refractivity contribution is 6.24. The van der Waals surface area contributed by atoms with Crippen LogP contribution in [-0.4, -0.2) is 5.71 Å². The van der Waals surface area contributed by atoms with Crippen molar-refractivity contribution < 1.29 is 0 Å². The number of nitrogens with zero attached hydrogens (tertiary/aromatic N) is 1. The third kappa shape index (κ3) is 4.28. The van der Waals surface area contributed by atoms with E-state index in [1.54, 1.807) is 0 Å². The van der Waals surface area contributed by atoms with Crippen LogP contribution in [0.1, 0.15) is 23.6 Å². The maximum atomic E-state index is 5.32. The van der Waals surface area contributed by atoms with Crippen molar-refractivity contribution in [1.29, 1.82) is 0 Å². The van der Waals surface area contributed by atoms with Gasteiger partial charge in [-0.05, 0) is 102 Å². The summed E-state index contributed by atoms with van der Waals surface area (Å²) in [6.07, 6.45) is 0.836. The number of aliphatic imine (C=N–C) groups is 1. The first kappa shape index (κ1) is 26.6. The largest absolute Gasteiger partial charge is 0.253 e. The maximum absolute atomic E-state index is 5.32. The molecule has 216 valence electrons. The van der Waals surface area contributed by atoms with Crippen molar-refractivity contribution in [3.63, 3.8) is 0 Å². The number of hydrogen-bond donors (Lipinski definition) is 0. The fourth-order valence-electron chi connectivity index (χ4n) is 7.45. The average molecular weight is 586 g/mol. The van der Waals surface area contributed by atoms with Crippen molar-refractivity contribution in [2.24, 2.45) is 4.99 Å². The van der Waals surface area contributed by atoms with Crippen LogP contribution < -0.4 is 0 Å². The summed E-state index contributed by atoms with van der Waals surface area (Å²) in [6.45, 7) is 2.14. The van der Waals surface area contributed by atoms with Crippen LogP contribution in [0.5, 0.6) is 0 Å². The lowest BCUT2D eigenvalue weighted by molar-refractivity contribution is 1.19. The lowest BCUT2D eigenvalue weighted by Gasteiger charge is -2.17. The second kappa shape index (κ2) is 10.7. The van der Waals surface area contributed by atoms with Gasteiger partial charge in [0.15, 0.2) is 0 Å². The van der Waals surface area contributed by atoms with E-state index < -0.39 is 0 Å². The van der Waals surface area contributed by atoms with Gasteiger partial charge in [-0.2, -0.15) is 0 Å². The quantitative estimate of drug-likeness (QED) is 0.179. The summed E-state index contributed by atoms with van der Waals surface area (Å²) in [7, 11) is 0. The molecular formula is C45H31N. The SMILES string of the molecule is C/C1=N\c2cc(-c3cc4c5ccccc5c(-c5ccccc5)cc4c4ccccc34)ccc2Cc2ccccc2-c2ccccc21. The van der Waals surface area contributed by atoms with Crippen molar-refractivity contribution in [3.05, 3.63) is 174 Å². The van der Waals surface area contributed by atoms with Gasteiger partial charge in [-0.3, -0.25) is 4.99 Å². The molecule has 1 nitrogen and oxygen atoms in total. The fraction of sp³-hybridized carbons (Fsp3) is 0.0444. The second-order valence-corrected chi connectivity index (χ2v) is 12.3. The minimum atomic E-state index is 0.836. The van der Waals surface area contributed by atoms with Crippen molar-refractivity contribution >= 4 is 43.7 Å². The molecule has 0 atom stereocenters. The zero-order chi connectivity index (χ0) is 30.6. The highest BCUT2D eigenvalue weighted by Crippen LogP contribution is 2.43. The van der Waals surface area contributed by atoms with E-state index in [4.69, 9.17) is 4.99 Å². The molecule has 8 aromatic carbocycles. The molecule has 0 unspecified atom stereocenters. The Labute approximate surface area is 269 Å². The van der Waals surface area contributed by atoms with Crippen molar-refractivity contribution in [3.8, 4) is 33.4 Å². The Balaban J connectivity index is 1.30. The molecule has 0 bridgehead atoms. The minimum Gasteiger partial charge on any atom is -0.253 e. The Kier molecular flexibility index (Phi) is 6.18. The summed E-state index contributed by atoms with van der Waals surface area (Å²) < 4.78 is 0. The summed E-state index contributed by atoms with van der Waals surface area (Å²) in [4.78, 5) is 5.32. The lowest BCUT2D eigenvalue weighted by atomic mass is 9.87. The predicted octanol–water partition coefficient (Wildman–Crippen LogP) is 12.2. The molecule has 0 radical (unpaired) electrons. The molecule has 46 heavy (non-hydrogen) atoms. The van der Waals surface area contributed by atoms with Crippen LogP contribution in [-0.2, 0) is 6.42 Å². The standard InChI is InChI=1S/C45H31N/c1-29-34-16-7-8-18-36(34)35-17-6-5-15-31(35)25-33-24-23-32(26-45(33)46-29)42-28-44-39-21-11-9-19-37(39)41(30-13-3-2-4-14-30)27-43(44)40-22-12-10-20-38(40)42/h2-24,26-28H,25H2,1H3/b46-29+. The van der Waals surface area contributed by atoms with Crippen LogP contribution in [0, 0.1) is 0 Å². The third-order valence-corrected chi connectivity index (χ3v) is 9.66. The van der Waals surface area contributed by atoms with E-state index in [-0.39, 0.29) is 0 Å². The summed E-state index contributed by atoms with van der Waals surface area (Å²) >= 11 is 0. The molecule has 1 heterocycles. The zero-order valence-corrected chi connectivity index (χ0v) is 25.7.